The molecule has 118 valence electrons. The van der Waals surface area contributed by atoms with Crippen molar-refractivity contribution in [2.45, 2.75) is 57.0 Å². The zero-order valence-electron chi connectivity index (χ0n) is 13.0. The van der Waals surface area contributed by atoms with Gasteiger partial charge in [-0.05, 0) is 49.7 Å². The van der Waals surface area contributed by atoms with Crippen molar-refractivity contribution in [1.29, 1.82) is 0 Å². The lowest BCUT2D eigenvalue weighted by Gasteiger charge is -2.40. The molecule has 5 heteroatoms. The van der Waals surface area contributed by atoms with Gasteiger partial charge in [-0.15, -0.1) is 0 Å². The van der Waals surface area contributed by atoms with Crippen LogP contribution in [0.2, 0.25) is 0 Å². The molecule has 0 unspecified atom stereocenters. The van der Waals surface area contributed by atoms with Crippen LogP contribution in [0.25, 0.3) is 0 Å². The first-order chi connectivity index (χ1) is 9.64. The van der Waals surface area contributed by atoms with Gasteiger partial charge in [-0.3, -0.25) is 0 Å². The molecule has 1 aromatic carbocycles. The highest BCUT2D eigenvalue weighted by Gasteiger charge is 2.37. The molecule has 1 aliphatic rings. The fraction of sp³-hybridized carbons (Fsp3) is 0.625. The summed E-state index contributed by atoms with van der Waals surface area (Å²) in [5.74, 6) is 0. The van der Waals surface area contributed by atoms with Crippen molar-refractivity contribution in [2.75, 3.05) is 6.54 Å². The van der Waals surface area contributed by atoms with E-state index in [1.165, 1.54) is 0 Å². The Hall–Kier alpha value is -0.910. The maximum absolute atomic E-state index is 12.3. The standard InChI is InChI=1S/C16H25NO3S/c1-13-6-4-5-7-14(13)21(19,20)17-12-16(18)10-8-15(2,3)9-11-16/h4-7,17-18H,8-12H2,1-3H3. The maximum atomic E-state index is 12.3. The summed E-state index contributed by atoms with van der Waals surface area (Å²) in [6.07, 6.45) is 3.10. The molecule has 0 aromatic heterocycles. The van der Waals surface area contributed by atoms with Crippen molar-refractivity contribution in [3.8, 4) is 0 Å². The van der Waals surface area contributed by atoms with Gasteiger partial charge < -0.3 is 5.11 Å². The van der Waals surface area contributed by atoms with Crippen molar-refractivity contribution in [2.24, 2.45) is 5.41 Å². The molecular weight excluding hydrogens is 286 g/mol. The van der Waals surface area contributed by atoms with Crippen LogP contribution in [-0.4, -0.2) is 25.7 Å². The fourth-order valence-corrected chi connectivity index (χ4v) is 4.10. The quantitative estimate of drug-likeness (QED) is 0.898. The molecule has 1 aliphatic carbocycles. The molecule has 1 aromatic rings. The predicted octanol–water partition coefficient (Wildman–Crippen LogP) is 2.60. The Bertz CT molecular complexity index is 598. The molecule has 1 saturated carbocycles. The van der Waals surface area contributed by atoms with E-state index in [-0.39, 0.29) is 16.9 Å². The molecule has 0 saturated heterocycles. The van der Waals surface area contributed by atoms with E-state index >= 15 is 0 Å². The fourth-order valence-electron chi connectivity index (χ4n) is 2.73. The number of sulfonamides is 1. The molecule has 2 rings (SSSR count). The van der Waals surface area contributed by atoms with E-state index in [0.717, 1.165) is 12.8 Å². The van der Waals surface area contributed by atoms with Gasteiger partial charge in [-0.25, -0.2) is 13.1 Å². The molecule has 0 bridgehead atoms. The van der Waals surface area contributed by atoms with Gasteiger partial charge in [0.2, 0.25) is 10.0 Å². The van der Waals surface area contributed by atoms with Crippen LogP contribution >= 0.6 is 0 Å². The van der Waals surface area contributed by atoms with Gasteiger partial charge in [0.15, 0.2) is 0 Å². The number of aliphatic hydroxyl groups is 1. The first kappa shape index (κ1) is 16.5. The summed E-state index contributed by atoms with van der Waals surface area (Å²) in [4.78, 5) is 0.282. The van der Waals surface area contributed by atoms with Crippen molar-refractivity contribution < 1.29 is 13.5 Å². The summed E-state index contributed by atoms with van der Waals surface area (Å²) < 4.78 is 27.3. The average molecular weight is 311 g/mol. The maximum Gasteiger partial charge on any atom is 0.240 e. The van der Waals surface area contributed by atoms with Crippen LogP contribution in [0.3, 0.4) is 0 Å². The van der Waals surface area contributed by atoms with E-state index in [4.69, 9.17) is 0 Å². The molecule has 0 atom stereocenters. The van der Waals surface area contributed by atoms with E-state index in [2.05, 4.69) is 18.6 Å². The van der Waals surface area contributed by atoms with Crippen molar-refractivity contribution in [1.82, 2.24) is 4.72 Å². The number of nitrogens with one attached hydrogen (secondary N) is 1. The number of rotatable bonds is 4. The second-order valence-electron chi connectivity index (χ2n) is 6.98. The summed E-state index contributed by atoms with van der Waals surface area (Å²) in [6, 6.07) is 6.88. The van der Waals surface area contributed by atoms with Gasteiger partial charge >= 0.3 is 0 Å². The minimum Gasteiger partial charge on any atom is -0.389 e. The van der Waals surface area contributed by atoms with Gasteiger partial charge in [0.05, 0.1) is 10.5 Å². The third-order valence-corrected chi connectivity index (χ3v) is 6.07. The normalized spacial score (nSPS) is 21.1. The first-order valence-electron chi connectivity index (χ1n) is 7.41. The van der Waals surface area contributed by atoms with E-state index < -0.39 is 15.6 Å². The van der Waals surface area contributed by atoms with E-state index in [1.54, 1.807) is 25.1 Å². The smallest absolute Gasteiger partial charge is 0.240 e. The molecule has 0 spiro atoms. The van der Waals surface area contributed by atoms with Gasteiger partial charge in [0.25, 0.3) is 0 Å². The summed E-state index contributed by atoms with van der Waals surface area (Å²) in [5, 5.41) is 10.6. The average Bonchev–Trinajstić information content (AvgIpc) is 2.41. The van der Waals surface area contributed by atoms with Crippen LogP contribution in [0, 0.1) is 12.3 Å². The van der Waals surface area contributed by atoms with Gasteiger partial charge in [-0.1, -0.05) is 32.0 Å². The van der Waals surface area contributed by atoms with Crippen LogP contribution in [0.15, 0.2) is 29.2 Å². The molecule has 21 heavy (non-hydrogen) atoms. The topological polar surface area (TPSA) is 66.4 Å². The Morgan fingerprint density at radius 2 is 1.71 bits per heavy atom. The zero-order chi connectivity index (χ0) is 15.7. The summed E-state index contributed by atoms with van der Waals surface area (Å²) in [6.45, 7) is 6.22. The molecule has 0 aliphatic heterocycles. The lowest BCUT2D eigenvalue weighted by atomic mass is 9.71. The lowest BCUT2D eigenvalue weighted by molar-refractivity contribution is -0.0205. The number of hydrogen-bond donors (Lipinski definition) is 2. The third-order valence-electron chi connectivity index (χ3n) is 4.51. The molecule has 2 N–H and O–H groups in total. The van der Waals surface area contributed by atoms with Crippen LogP contribution in [-0.2, 0) is 10.0 Å². The number of hydrogen-bond acceptors (Lipinski definition) is 3. The molecule has 0 heterocycles. The molecule has 1 fully saturated rings. The molecular formula is C16H25NO3S. The largest absolute Gasteiger partial charge is 0.389 e. The van der Waals surface area contributed by atoms with E-state index in [1.807, 2.05) is 6.07 Å². The molecule has 4 nitrogen and oxygen atoms in total. The van der Waals surface area contributed by atoms with Crippen LogP contribution in [0.5, 0.6) is 0 Å². The molecule has 0 radical (unpaired) electrons. The summed E-state index contributed by atoms with van der Waals surface area (Å²) in [7, 11) is -3.57. The zero-order valence-corrected chi connectivity index (χ0v) is 13.8. The highest BCUT2D eigenvalue weighted by molar-refractivity contribution is 7.89. The minimum atomic E-state index is -3.57. The number of benzene rings is 1. The Balaban J connectivity index is 2.04. The third kappa shape index (κ3) is 4.05. The van der Waals surface area contributed by atoms with Crippen molar-refractivity contribution in [3.63, 3.8) is 0 Å². The van der Waals surface area contributed by atoms with Gasteiger partial charge in [-0.2, -0.15) is 0 Å². The van der Waals surface area contributed by atoms with Crippen LogP contribution in [0.1, 0.15) is 45.1 Å². The van der Waals surface area contributed by atoms with Crippen LogP contribution in [0.4, 0.5) is 0 Å². The van der Waals surface area contributed by atoms with Crippen LogP contribution < -0.4 is 4.72 Å². The molecule has 0 amide bonds. The Labute approximate surface area is 127 Å². The Kier molecular flexibility index (Phi) is 4.47. The lowest BCUT2D eigenvalue weighted by Crippen LogP contribution is -2.46. The number of aryl methyl sites for hydroxylation is 1. The van der Waals surface area contributed by atoms with Crippen molar-refractivity contribution >= 4 is 10.0 Å². The second kappa shape index (κ2) is 5.71. The Morgan fingerprint density at radius 1 is 1.14 bits per heavy atom. The monoisotopic (exact) mass is 311 g/mol. The first-order valence-corrected chi connectivity index (χ1v) is 8.90. The van der Waals surface area contributed by atoms with Gasteiger partial charge in [0, 0.05) is 6.54 Å². The van der Waals surface area contributed by atoms with E-state index in [9.17, 15) is 13.5 Å². The second-order valence-corrected chi connectivity index (χ2v) is 8.71. The highest BCUT2D eigenvalue weighted by Crippen LogP contribution is 2.39. The summed E-state index contributed by atoms with van der Waals surface area (Å²) >= 11 is 0. The predicted molar refractivity (Wildman–Crippen MR) is 83.6 cm³/mol. The Morgan fingerprint density at radius 3 is 2.29 bits per heavy atom. The minimum absolute atomic E-state index is 0.0831. The SMILES string of the molecule is Cc1ccccc1S(=O)(=O)NCC1(O)CCC(C)(C)CC1. The van der Waals surface area contributed by atoms with E-state index in [0.29, 0.717) is 18.4 Å². The highest BCUT2D eigenvalue weighted by atomic mass is 32.2. The van der Waals surface area contributed by atoms with Gasteiger partial charge in [0.1, 0.15) is 0 Å². The summed E-state index contributed by atoms with van der Waals surface area (Å²) in [5.41, 5.74) is 0.0219. The van der Waals surface area contributed by atoms with Crippen molar-refractivity contribution in [3.05, 3.63) is 29.8 Å².